The fourth-order valence-electron chi connectivity index (χ4n) is 1.75. The molecule has 1 aromatic rings. The number of aryl methyl sites for hydroxylation is 1. The average Bonchev–Trinajstić information content (AvgIpc) is 2.63. The highest BCUT2D eigenvalue weighted by Gasteiger charge is 2.17. The van der Waals surface area contributed by atoms with Gasteiger partial charge in [0.15, 0.2) is 5.16 Å². The maximum Gasteiger partial charge on any atom is 0.187 e. The Morgan fingerprint density at radius 3 is 2.92 bits per heavy atom. The van der Waals surface area contributed by atoms with E-state index in [-0.39, 0.29) is 0 Å². The van der Waals surface area contributed by atoms with Gasteiger partial charge in [0.1, 0.15) is 0 Å². The van der Waals surface area contributed by atoms with Gasteiger partial charge in [0.25, 0.3) is 0 Å². The van der Waals surface area contributed by atoms with Gasteiger partial charge in [-0.1, -0.05) is 11.8 Å². The molecule has 0 radical (unpaired) electrons. The summed E-state index contributed by atoms with van der Waals surface area (Å²) in [5.41, 5.74) is 9.22. The van der Waals surface area contributed by atoms with Crippen LogP contribution in [0.25, 0.3) is 0 Å². The molecule has 13 heavy (non-hydrogen) atoms. The lowest BCUT2D eigenvalue weighted by Crippen LogP contribution is -2.07. The van der Waals surface area contributed by atoms with Crippen LogP contribution in [0, 0.1) is 0 Å². The molecule has 1 aliphatic rings. The van der Waals surface area contributed by atoms with E-state index in [1.54, 1.807) is 11.8 Å². The molecule has 3 nitrogen and oxygen atoms in total. The summed E-state index contributed by atoms with van der Waals surface area (Å²) in [7, 11) is 0. The lowest BCUT2D eigenvalue weighted by atomic mass is 10.2. The van der Waals surface area contributed by atoms with Crippen LogP contribution < -0.4 is 5.73 Å². The summed E-state index contributed by atoms with van der Waals surface area (Å²) in [5, 5.41) is 0.862. The van der Waals surface area contributed by atoms with Crippen LogP contribution in [0.1, 0.15) is 23.4 Å². The van der Waals surface area contributed by atoms with Crippen molar-refractivity contribution in [3.8, 4) is 0 Å². The van der Waals surface area contributed by atoms with E-state index in [0.717, 1.165) is 23.7 Å². The minimum Gasteiger partial charge on any atom is -0.325 e. The molecule has 2 N–H and O–H groups in total. The van der Waals surface area contributed by atoms with Crippen molar-refractivity contribution in [3.05, 3.63) is 17.0 Å². The number of hydrogen-bond donors (Lipinski definition) is 1. The molecular formula is C9H13N3S. The van der Waals surface area contributed by atoms with E-state index in [0.29, 0.717) is 6.54 Å². The predicted molar refractivity (Wildman–Crippen MR) is 53.7 cm³/mol. The Balaban J connectivity index is 2.49. The maximum atomic E-state index is 5.65. The molecule has 0 unspecified atom stereocenters. The van der Waals surface area contributed by atoms with Crippen LogP contribution in [-0.4, -0.2) is 16.2 Å². The van der Waals surface area contributed by atoms with Gasteiger partial charge in [0.05, 0.1) is 5.69 Å². The Labute approximate surface area is 82.2 Å². The Bertz CT molecular complexity index is 325. The van der Waals surface area contributed by atoms with Gasteiger partial charge in [-0.05, 0) is 31.1 Å². The molecule has 1 aromatic heterocycles. The fraction of sp³-hybridized carbons (Fsp3) is 0.556. The number of thioether (sulfide) groups is 1. The van der Waals surface area contributed by atoms with E-state index in [4.69, 9.17) is 5.73 Å². The number of fused-ring (bicyclic) bond motifs is 1. The van der Waals surface area contributed by atoms with E-state index in [9.17, 15) is 0 Å². The van der Waals surface area contributed by atoms with Crippen LogP contribution in [0.2, 0.25) is 0 Å². The smallest absolute Gasteiger partial charge is 0.187 e. The molecule has 1 aliphatic carbocycles. The Morgan fingerprint density at radius 2 is 2.23 bits per heavy atom. The zero-order valence-corrected chi connectivity index (χ0v) is 8.52. The fourth-order valence-corrected chi connectivity index (χ4v) is 2.15. The summed E-state index contributed by atoms with van der Waals surface area (Å²) in [6.45, 7) is 0.540. The lowest BCUT2D eigenvalue weighted by molar-refractivity contribution is 0.836. The van der Waals surface area contributed by atoms with Crippen LogP contribution in [-0.2, 0) is 19.4 Å². The molecule has 2 rings (SSSR count). The summed E-state index contributed by atoms with van der Waals surface area (Å²) in [4.78, 5) is 8.88. The second kappa shape index (κ2) is 3.64. The van der Waals surface area contributed by atoms with Crippen molar-refractivity contribution in [2.24, 2.45) is 5.73 Å². The van der Waals surface area contributed by atoms with Crippen LogP contribution >= 0.6 is 11.8 Å². The highest BCUT2D eigenvalue weighted by atomic mass is 32.2. The quantitative estimate of drug-likeness (QED) is 0.568. The van der Waals surface area contributed by atoms with Gasteiger partial charge in [0.2, 0.25) is 0 Å². The molecule has 0 fully saturated rings. The number of rotatable bonds is 2. The third-order valence-corrected chi connectivity index (χ3v) is 2.92. The molecule has 0 saturated heterocycles. The van der Waals surface area contributed by atoms with Crippen LogP contribution in [0.3, 0.4) is 0 Å². The predicted octanol–water partition coefficient (Wildman–Crippen LogP) is 1.15. The Hall–Kier alpha value is -0.610. The molecule has 0 atom stereocenters. The monoisotopic (exact) mass is 195 g/mol. The van der Waals surface area contributed by atoms with Crippen molar-refractivity contribution in [1.29, 1.82) is 0 Å². The van der Waals surface area contributed by atoms with Crippen molar-refractivity contribution < 1.29 is 0 Å². The molecule has 0 spiro atoms. The second-order valence-electron chi connectivity index (χ2n) is 3.14. The van der Waals surface area contributed by atoms with E-state index in [1.807, 2.05) is 6.26 Å². The topological polar surface area (TPSA) is 51.8 Å². The van der Waals surface area contributed by atoms with E-state index in [1.165, 1.54) is 17.7 Å². The van der Waals surface area contributed by atoms with Crippen molar-refractivity contribution in [2.75, 3.05) is 6.26 Å². The SMILES string of the molecule is CSc1nc(CN)c2c(n1)CCC2. The molecular weight excluding hydrogens is 182 g/mol. The summed E-state index contributed by atoms with van der Waals surface area (Å²) in [6, 6.07) is 0. The summed E-state index contributed by atoms with van der Waals surface area (Å²) in [5.74, 6) is 0. The lowest BCUT2D eigenvalue weighted by Gasteiger charge is -2.06. The van der Waals surface area contributed by atoms with Gasteiger partial charge >= 0.3 is 0 Å². The largest absolute Gasteiger partial charge is 0.325 e. The Morgan fingerprint density at radius 1 is 1.38 bits per heavy atom. The Kier molecular flexibility index (Phi) is 2.51. The minimum atomic E-state index is 0.540. The van der Waals surface area contributed by atoms with Gasteiger partial charge < -0.3 is 5.73 Å². The molecule has 0 aromatic carbocycles. The van der Waals surface area contributed by atoms with Crippen molar-refractivity contribution in [1.82, 2.24) is 9.97 Å². The minimum absolute atomic E-state index is 0.540. The molecule has 1 heterocycles. The maximum absolute atomic E-state index is 5.65. The third-order valence-electron chi connectivity index (χ3n) is 2.37. The number of nitrogens with zero attached hydrogens (tertiary/aromatic N) is 2. The summed E-state index contributed by atoms with van der Waals surface area (Å²) >= 11 is 1.59. The van der Waals surface area contributed by atoms with Crippen molar-refractivity contribution in [2.45, 2.75) is 31.0 Å². The first-order valence-corrected chi connectivity index (χ1v) is 5.70. The number of aromatic nitrogens is 2. The van der Waals surface area contributed by atoms with Crippen LogP contribution in [0.5, 0.6) is 0 Å². The van der Waals surface area contributed by atoms with E-state index in [2.05, 4.69) is 9.97 Å². The second-order valence-corrected chi connectivity index (χ2v) is 3.91. The van der Waals surface area contributed by atoms with Gasteiger partial charge in [-0.3, -0.25) is 0 Å². The van der Waals surface area contributed by atoms with Crippen LogP contribution in [0.15, 0.2) is 5.16 Å². The summed E-state index contributed by atoms with van der Waals surface area (Å²) in [6.07, 6.45) is 5.40. The standard InChI is InChI=1S/C9H13N3S/c1-13-9-11-7-4-2-3-6(7)8(5-10)12-9/h2-5,10H2,1H3. The molecule has 70 valence electrons. The molecule has 0 bridgehead atoms. The first-order valence-electron chi connectivity index (χ1n) is 4.48. The highest BCUT2D eigenvalue weighted by molar-refractivity contribution is 7.98. The highest BCUT2D eigenvalue weighted by Crippen LogP contribution is 2.24. The molecule has 0 amide bonds. The van der Waals surface area contributed by atoms with Gasteiger partial charge in [-0.15, -0.1) is 0 Å². The average molecular weight is 195 g/mol. The van der Waals surface area contributed by atoms with Crippen LogP contribution in [0.4, 0.5) is 0 Å². The third kappa shape index (κ3) is 1.56. The molecule has 0 saturated carbocycles. The van der Waals surface area contributed by atoms with E-state index < -0.39 is 0 Å². The number of hydrogen-bond acceptors (Lipinski definition) is 4. The van der Waals surface area contributed by atoms with Crippen molar-refractivity contribution in [3.63, 3.8) is 0 Å². The zero-order chi connectivity index (χ0) is 9.26. The molecule has 0 aliphatic heterocycles. The van der Waals surface area contributed by atoms with Gasteiger partial charge in [-0.25, -0.2) is 9.97 Å². The first kappa shape index (κ1) is 8.97. The summed E-state index contributed by atoms with van der Waals surface area (Å²) < 4.78 is 0. The van der Waals surface area contributed by atoms with E-state index >= 15 is 0 Å². The first-order chi connectivity index (χ1) is 6.35. The number of nitrogens with two attached hydrogens (primary N) is 1. The van der Waals surface area contributed by atoms with Crippen molar-refractivity contribution >= 4 is 11.8 Å². The zero-order valence-electron chi connectivity index (χ0n) is 7.71. The normalized spacial score (nSPS) is 14.6. The van der Waals surface area contributed by atoms with Gasteiger partial charge in [0, 0.05) is 12.2 Å². The van der Waals surface area contributed by atoms with Gasteiger partial charge in [-0.2, -0.15) is 0 Å². The molecule has 4 heteroatoms.